The van der Waals surface area contributed by atoms with Crippen molar-refractivity contribution < 1.29 is 23.9 Å². The van der Waals surface area contributed by atoms with Crippen molar-refractivity contribution in [3.8, 4) is 0 Å². The molecule has 0 unspecified atom stereocenters. The molecule has 3 aromatic carbocycles. The van der Waals surface area contributed by atoms with Crippen LogP contribution in [0.5, 0.6) is 0 Å². The first-order valence-corrected chi connectivity index (χ1v) is 12.9. The molecule has 39 heavy (non-hydrogen) atoms. The van der Waals surface area contributed by atoms with Gasteiger partial charge in [-0.05, 0) is 60.0 Å². The van der Waals surface area contributed by atoms with E-state index in [1.54, 1.807) is 72.8 Å². The molecule has 0 aromatic heterocycles. The van der Waals surface area contributed by atoms with E-state index in [1.807, 2.05) is 6.92 Å². The summed E-state index contributed by atoms with van der Waals surface area (Å²) in [5.41, 5.74) is 2.76. The van der Waals surface area contributed by atoms with Gasteiger partial charge in [-0.1, -0.05) is 60.5 Å². The van der Waals surface area contributed by atoms with Crippen molar-refractivity contribution >= 4 is 52.6 Å². The number of hydrogen-bond donors (Lipinski definition) is 2. The largest absolute Gasteiger partial charge is 0.462 e. The molecule has 1 heterocycles. The summed E-state index contributed by atoms with van der Waals surface area (Å²) in [6, 6.07) is 20.1. The number of hydrogen-bond acceptors (Lipinski definition) is 6. The summed E-state index contributed by atoms with van der Waals surface area (Å²) in [7, 11) is 0. The molecule has 0 saturated carbocycles. The van der Waals surface area contributed by atoms with Crippen LogP contribution in [0.25, 0.3) is 0 Å². The van der Waals surface area contributed by atoms with Crippen LogP contribution in [0.4, 0.5) is 5.69 Å². The molecule has 1 aliphatic rings. The Morgan fingerprint density at radius 1 is 0.872 bits per heavy atom. The van der Waals surface area contributed by atoms with Gasteiger partial charge >= 0.3 is 5.97 Å². The van der Waals surface area contributed by atoms with Crippen LogP contribution in [0.1, 0.15) is 45.2 Å². The molecular formula is C29H25Cl2N3O5. The number of imide groups is 1. The zero-order valence-electron chi connectivity index (χ0n) is 21.0. The summed E-state index contributed by atoms with van der Waals surface area (Å²) in [6.07, 6.45) is 0.737. The standard InChI is InChI=1S/C29H25Cl2N3O5/c1-2-15-39-29(38)20-11-13-22(14-12-20)33-26(35)19-9-7-18(8-10-19)16-32-25-24(31)27(36)34(28(25)37)17-21-5-3-4-6-23(21)30/h3-14,32H,2,15-17H2,1H3,(H,33,35). The maximum absolute atomic E-state index is 12.9. The molecule has 0 bridgehead atoms. The van der Waals surface area contributed by atoms with E-state index in [0.29, 0.717) is 34.0 Å². The van der Waals surface area contributed by atoms with Crippen LogP contribution < -0.4 is 10.6 Å². The van der Waals surface area contributed by atoms with Crippen molar-refractivity contribution in [2.45, 2.75) is 26.4 Å². The van der Waals surface area contributed by atoms with Gasteiger partial charge in [0.05, 0.1) is 18.7 Å². The smallest absolute Gasteiger partial charge is 0.338 e. The Hall–Kier alpha value is -4.14. The fourth-order valence-corrected chi connectivity index (χ4v) is 4.22. The molecule has 3 amide bonds. The molecule has 3 aromatic rings. The molecule has 0 spiro atoms. The Labute approximate surface area is 235 Å². The Morgan fingerprint density at radius 3 is 2.21 bits per heavy atom. The summed E-state index contributed by atoms with van der Waals surface area (Å²) in [4.78, 5) is 51.0. The lowest BCUT2D eigenvalue weighted by Gasteiger charge is -2.16. The first-order chi connectivity index (χ1) is 18.8. The summed E-state index contributed by atoms with van der Waals surface area (Å²) < 4.78 is 5.10. The number of amides is 3. The van der Waals surface area contributed by atoms with Crippen molar-refractivity contribution in [3.05, 3.63) is 111 Å². The van der Waals surface area contributed by atoms with Crippen molar-refractivity contribution in [3.63, 3.8) is 0 Å². The highest BCUT2D eigenvalue weighted by atomic mass is 35.5. The summed E-state index contributed by atoms with van der Waals surface area (Å²) in [5, 5.41) is 5.98. The maximum atomic E-state index is 12.9. The van der Waals surface area contributed by atoms with Gasteiger partial charge in [-0.25, -0.2) is 4.79 Å². The highest BCUT2D eigenvalue weighted by molar-refractivity contribution is 6.47. The SMILES string of the molecule is CCCOC(=O)c1ccc(NC(=O)c2ccc(CNC3=C(Cl)C(=O)N(Cc4ccccc4Cl)C3=O)cc2)cc1. The number of nitrogens with one attached hydrogen (secondary N) is 2. The van der Waals surface area contributed by atoms with Gasteiger partial charge in [-0.2, -0.15) is 0 Å². The molecule has 0 radical (unpaired) electrons. The average Bonchev–Trinajstić information content (AvgIpc) is 3.14. The molecule has 200 valence electrons. The second kappa shape index (κ2) is 12.6. The van der Waals surface area contributed by atoms with Gasteiger partial charge < -0.3 is 15.4 Å². The molecule has 0 aliphatic carbocycles. The molecule has 4 rings (SSSR count). The number of carbonyl (C=O) groups is 4. The summed E-state index contributed by atoms with van der Waals surface area (Å²) in [6.45, 7) is 2.48. The van der Waals surface area contributed by atoms with E-state index >= 15 is 0 Å². The first kappa shape index (κ1) is 27.9. The number of benzene rings is 3. The van der Waals surface area contributed by atoms with Crippen LogP contribution in [-0.4, -0.2) is 35.2 Å². The van der Waals surface area contributed by atoms with Crippen LogP contribution in [0.3, 0.4) is 0 Å². The third-order valence-electron chi connectivity index (χ3n) is 5.90. The van der Waals surface area contributed by atoms with Crippen LogP contribution in [-0.2, 0) is 27.4 Å². The lowest BCUT2D eigenvalue weighted by atomic mass is 10.1. The number of anilines is 1. The maximum Gasteiger partial charge on any atom is 0.338 e. The zero-order chi connectivity index (χ0) is 27.9. The van der Waals surface area contributed by atoms with E-state index in [2.05, 4.69) is 10.6 Å². The molecule has 10 heteroatoms. The fourth-order valence-electron chi connectivity index (χ4n) is 3.78. The quantitative estimate of drug-likeness (QED) is 0.256. The number of esters is 1. The van der Waals surface area contributed by atoms with Gasteiger partial charge in [-0.3, -0.25) is 19.3 Å². The predicted molar refractivity (Wildman–Crippen MR) is 148 cm³/mol. The van der Waals surface area contributed by atoms with E-state index in [1.165, 1.54) is 0 Å². The highest BCUT2D eigenvalue weighted by Crippen LogP contribution is 2.26. The summed E-state index contributed by atoms with van der Waals surface area (Å²) >= 11 is 12.3. The molecule has 2 N–H and O–H groups in total. The fraction of sp³-hybridized carbons (Fsp3) is 0.172. The van der Waals surface area contributed by atoms with Crippen LogP contribution >= 0.6 is 23.2 Å². The minimum atomic E-state index is -0.595. The molecule has 0 atom stereocenters. The minimum absolute atomic E-state index is 0.00815. The van der Waals surface area contributed by atoms with Crippen molar-refractivity contribution in [1.29, 1.82) is 0 Å². The normalized spacial score (nSPS) is 13.1. The molecule has 0 fully saturated rings. The number of ether oxygens (including phenoxy) is 1. The van der Waals surface area contributed by atoms with Crippen LogP contribution in [0.2, 0.25) is 5.02 Å². The molecule has 8 nitrogen and oxygen atoms in total. The lowest BCUT2D eigenvalue weighted by Crippen LogP contribution is -2.33. The number of halogens is 2. The Bertz CT molecular complexity index is 1440. The third kappa shape index (κ3) is 6.66. The van der Waals surface area contributed by atoms with E-state index in [4.69, 9.17) is 27.9 Å². The van der Waals surface area contributed by atoms with E-state index in [9.17, 15) is 19.2 Å². The Morgan fingerprint density at radius 2 is 1.54 bits per heavy atom. The van der Waals surface area contributed by atoms with E-state index in [-0.39, 0.29) is 29.7 Å². The monoisotopic (exact) mass is 565 g/mol. The zero-order valence-corrected chi connectivity index (χ0v) is 22.5. The van der Waals surface area contributed by atoms with Gasteiger partial charge in [-0.15, -0.1) is 0 Å². The topological polar surface area (TPSA) is 105 Å². The Balaban J connectivity index is 1.33. The number of carbonyl (C=O) groups excluding carboxylic acids is 4. The van der Waals surface area contributed by atoms with Crippen molar-refractivity contribution in [2.75, 3.05) is 11.9 Å². The van der Waals surface area contributed by atoms with Gasteiger partial charge in [0.15, 0.2) is 0 Å². The second-order valence-electron chi connectivity index (χ2n) is 8.69. The van der Waals surface area contributed by atoms with Crippen molar-refractivity contribution in [1.82, 2.24) is 10.2 Å². The molecule has 0 saturated heterocycles. The number of rotatable bonds is 10. The van der Waals surface area contributed by atoms with E-state index < -0.39 is 17.8 Å². The highest BCUT2D eigenvalue weighted by Gasteiger charge is 2.37. The van der Waals surface area contributed by atoms with Crippen LogP contribution in [0, 0.1) is 0 Å². The Kier molecular flexibility index (Phi) is 9.01. The predicted octanol–water partition coefficient (Wildman–Crippen LogP) is 5.27. The number of nitrogens with zero attached hydrogens (tertiary/aromatic N) is 1. The first-order valence-electron chi connectivity index (χ1n) is 12.2. The van der Waals surface area contributed by atoms with Gasteiger partial charge in [0.25, 0.3) is 17.7 Å². The lowest BCUT2D eigenvalue weighted by molar-refractivity contribution is -0.138. The van der Waals surface area contributed by atoms with Gasteiger partial charge in [0, 0.05) is 22.8 Å². The minimum Gasteiger partial charge on any atom is -0.462 e. The molecular weight excluding hydrogens is 541 g/mol. The second-order valence-corrected chi connectivity index (χ2v) is 9.48. The van der Waals surface area contributed by atoms with E-state index in [0.717, 1.165) is 16.9 Å². The third-order valence-corrected chi connectivity index (χ3v) is 6.62. The van der Waals surface area contributed by atoms with Crippen LogP contribution in [0.15, 0.2) is 83.5 Å². The van der Waals surface area contributed by atoms with Gasteiger partial charge in [0.2, 0.25) is 0 Å². The summed E-state index contributed by atoms with van der Waals surface area (Å²) in [5.74, 6) is -1.87. The van der Waals surface area contributed by atoms with Gasteiger partial charge in [0.1, 0.15) is 10.7 Å². The average molecular weight is 566 g/mol. The van der Waals surface area contributed by atoms with Crippen molar-refractivity contribution in [2.24, 2.45) is 0 Å². The molecule has 1 aliphatic heterocycles.